The van der Waals surface area contributed by atoms with E-state index in [0.29, 0.717) is 24.1 Å². The number of amides is 1. The van der Waals surface area contributed by atoms with Crippen LogP contribution in [0.15, 0.2) is 24.5 Å². The summed E-state index contributed by atoms with van der Waals surface area (Å²) >= 11 is 1.72. The van der Waals surface area contributed by atoms with Gasteiger partial charge in [0.05, 0.1) is 18.3 Å². The number of carbonyl (C=O) groups is 1. The van der Waals surface area contributed by atoms with Gasteiger partial charge in [-0.15, -0.1) is 5.10 Å². The molecule has 2 aromatic rings. The van der Waals surface area contributed by atoms with Gasteiger partial charge in [-0.25, -0.2) is 9.67 Å². The highest BCUT2D eigenvalue weighted by Crippen LogP contribution is 2.42. The number of aromatic nitrogens is 4. The third kappa shape index (κ3) is 4.25. The second-order valence-electron chi connectivity index (χ2n) is 7.93. The first kappa shape index (κ1) is 20.2. The lowest BCUT2D eigenvalue weighted by atomic mass is 9.77. The second kappa shape index (κ2) is 8.71. The molecule has 156 valence electrons. The van der Waals surface area contributed by atoms with Gasteiger partial charge in [0.2, 0.25) is 5.91 Å². The first-order chi connectivity index (χ1) is 14.1. The molecule has 1 amide bonds. The van der Waals surface area contributed by atoms with Crippen molar-refractivity contribution in [2.45, 2.75) is 31.4 Å². The van der Waals surface area contributed by atoms with E-state index < -0.39 is 0 Å². The first-order valence-electron chi connectivity index (χ1n) is 10.0. The van der Waals surface area contributed by atoms with Crippen LogP contribution in [0, 0.1) is 11.8 Å². The molecule has 2 fully saturated rings. The summed E-state index contributed by atoms with van der Waals surface area (Å²) in [5.74, 6) is 2.62. The molecule has 1 saturated heterocycles. The molecule has 0 unspecified atom stereocenters. The van der Waals surface area contributed by atoms with E-state index in [1.807, 2.05) is 28.1 Å². The first-order valence-corrected chi connectivity index (χ1v) is 11.4. The van der Waals surface area contributed by atoms with Crippen molar-refractivity contribution in [3.05, 3.63) is 24.5 Å². The number of thioether (sulfide) groups is 1. The van der Waals surface area contributed by atoms with Crippen molar-refractivity contribution in [1.82, 2.24) is 24.9 Å². The summed E-state index contributed by atoms with van der Waals surface area (Å²) in [6.45, 7) is 1.69. The number of hydrogen-bond acceptors (Lipinski definition) is 7. The van der Waals surface area contributed by atoms with Crippen LogP contribution >= 0.6 is 11.8 Å². The minimum atomic E-state index is 0.0663. The number of nitrogens with zero attached hydrogens (tertiary/aromatic N) is 5. The molecule has 2 aliphatic rings. The summed E-state index contributed by atoms with van der Waals surface area (Å²) in [6, 6.07) is 3.78. The molecule has 1 aliphatic carbocycles. The molecule has 8 nitrogen and oxygen atoms in total. The third-order valence-electron chi connectivity index (χ3n) is 6.19. The molecule has 3 heterocycles. The van der Waals surface area contributed by atoms with Crippen LogP contribution in [-0.4, -0.2) is 69.1 Å². The summed E-state index contributed by atoms with van der Waals surface area (Å²) in [4.78, 5) is 18.7. The van der Waals surface area contributed by atoms with Gasteiger partial charge in [0, 0.05) is 44.1 Å². The Bertz CT molecular complexity index is 842. The predicted octanol–water partition coefficient (Wildman–Crippen LogP) is 2.10. The Hall–Kier alpha value is -2.13. The number of methoxy groups -OCH3 is 1. The number of carbonyl (C=O) groups excluding carboxylic acids is 1. The van der Waals surface area contributed by atoms with E-state index in [0.717, 1.165) is 42.9 Å². The lowest BCUT2D eigenvalue weighted by molar-refractivity contribution is -0.129. The standard InChI is InChI=1S/C20H28N6O2S/c1-28-18-8-15-11-25(20(27)5-6-29-2)10-14(15)7-17(18)26-12-16(23-24-26)13-3-4-19(21)22-9-13/h3-4,9,12,14-15,17-18H,5-8,10-11H2,1-2H3,(H2,21,22)/t14-,15+,17-,18-/m1/s1. The Morgan fingerprint density at radius 2 is 2.10 bits per heavy atom. The van der Waals surface area contributed by atoms with Crippen LogP contribution in [0.2, 0.25) is 0 Å². The second-order valence-corrected chi connectivity index (χ2v) is 8.92. The SMILES string of the molecule is CO[C@@H]1C[C@H]2CN(C(=O)CCSC)C[C@H]2C[C@H]1n1cc(-c2ccc(N)nc2)nn1. The summed E-state index contributed by atoms with van der Waals surface area (Å²) < 4.78 is 7.76. The lowest BCUT2D eigenvalue weighted by Crippen LogP contribution is -2.37. The number of fused-ring (bicyclic) bond motifs is 1. The minimum absolute atomic E-state index is 0.0663. The maximum atomic E-state index is 12.5. The van der Waals surface area contributed by atoms with Gasteiger partial charge in [-0.2, -0.15) is 11.8 Å². The molecular weight excluding hydrogens is 388 g/mol. The lowest BCUT2D eigenvalue weighted by Gasteiger charge is -2.36. The number of nitrogen functional groups attached to an aromatic ring is 1. The van der Waals surface area contributed by atoms with Gasteiger partial charge in [0.25, 0.3) is 0 Å². The Morgan fingerprint density at radius 1 is 1.31 bits per heavy atom. The van der Waals surface area contributed by atoms with Gasteiger partial charge in [-0.05, 0) is 43.1 Å². The zero-order chi connectivity index (χ0) is 20.4. The quantitative estimate of drug-likeness (QED) is 0.770. The monoisotopic (exact) mass is 416 g/mol. The maximum absolute atomic E-state index is 12.5. The average Bonchev–Trinajstić information content (AvgIpc) is 3.38. The molecule has 0 radical (unpaired) electrons. The van der Waals surface area contributed by atoms with E-state index >= 15 is 0 Å². The Balaban J connectivity index is 1.47. The normalized spacial score (nSPS) is 26.5. The number of rotatable bonds is 6. The molecule has 29 heavy (non-hydrogen) atoms. The van der Waals surface area contributed by atoms with Crippen molar-refractivity contribution in [2.24, 2.45) is 11.8 Å². The molecular formula is C20H28N6O2S. The molecule has 1 aliphatic heterocycles. The predicted molar refractivity (Wildman–Crippen MR) is 113 cm³/mol. The van der Waals surface area contributed by atoms with Crippen LogP contribution in [0.5, 0.6) is 0 Å². The van der Waals surface area contributed by atoms with Gasteiger partial charge in [0.15, 0.2) is 0 Å². The highest BCUT2D eigenvalue weighted by Gasteiger charge is 2.44. The van der Waals surface area contributed by atoms with Crippen molar-refractivity contribution in [3.8, 4) is 11.3 Å². The average molecular weight is 417 g/mol. The fourth-order valence-corrected chi connectivity index (χ4v) is 4.98. The van der Waals surface area contributed by atoms with E-state index in [9.17, 15) is 4.79 Å². The number of pyridine rings is 1. The molecule has 0 bridgehead atoms. The van der Waals surface area contributed by atoms with Crippen LogP contribution < -0.4 is 5.73 Å². The van der Waals surface area contributed by atoms with E-state index in [1.54, 1.807) is 31.1 Å². The van der Waals surface area contributed by atoms with Crippen LogP contribution in [0.4, 0.5) is 5.82 Å². The number of ether oxygens (including phenoxy) is 1. The molecule has 4 atom stereocenters. The number of nitrogens with two attached hydrogens (primary N) is 1. The van der Waals surface area contributed by atoms with Gasteiger partial charge in [0.1, 0.15) is 11.5 Å². The van der Waals surface area contributed by atoms with Crippen LogP contribution in [0.1, 0.15) is 25.3 Å². The molecule has 2 aromatic heterocycles. The summed E-state index contributed by atoms with van der Waals surface area (Å²) in [5, 5.41) is 8.72. The van der Waals surface area contributed by atoms with E-state index in [4.69, 9.17) is 10.5 Å². The maximum Gasteiger partial charge on any atom is 0.223 e. The van der Waals surface area contributed by atoms with Crippen molar-refractivity contribution in [1.29, 1.82) is 0 Å². The zero-order valence-electron chi connectivity index (χ0n) is 16.9. The van der Waals surface area contributed by atoms with E-state index in [-0.39, 0.29) is 18.1 Å². The third-order valence-corrected chi connectivity index (χ3v) is 6.81. The Labute approximate surface area is 175 Å². The molecule has 0 spiro atoms. The van der Waals surface area contributed by atoms with Crippen molar-refractivity contribution < 1.29 is 9.53 Å². The fraction of sp³-hybridized carbons (Fsp3) is 0.600. The van der Waals surface area contributed by atoms with Gasteiger partial charge < -0.3 is 15.4 Å². The molecule has 4 rings (SSSR count). The highest BCUT2D eigenvalue weighted by molar-refractivity contribution is 7.98. The van der Waals surface area contributed by atoms with Crippen molar-refractivity contribution >= 4 is 23.5 Å². The summed E-state index contributed by atoms with van der Waals surface area (Å²) in [5.41, 5.74) is 7.34. The fourth-order valence-electron chi connectivity index (χ4n) is 4.60. The molecule has 1 saturated carbocycles. The van der Waals surface area contributed by atoms with Crippen LogP contribution in [0.25, 0.3) is 11.3 Å². The largest absolute Gasteiger partial charge is 0.384 e. The minimum Gasteiger partial charge on any atom is -0.384 e. The van der Waals surface area contributed by atoms with Crippen molar-refractivity contribution in [3.63, 3.8) is 0 Å². The molecule has 2 N–H and O–H groups in total. The van der Waals surface area contributed by atoms with Gasteiger partial charge in [-0.3, -0.25) is 4.79 Å². The van der Waals surface area contributed by atoms with Crippen molar-refractivity contribution in [2.75, 3.05) is 37.9 Å². The van der Waals surface area contributed by atoms with Crippen LogP contribution in [0.3, 0.4) is 0 Å². The smallest absolute Gasteiger partial charge is 0.223 e. The number of hydrogen-bond donors (Lipinski definition) is 1. The number of likely N-dealkylation sites (tertiary alicyclic amines) is 1. The summed E-state index contributed by atoms with van der Waals surface area (Å²) in [6.07, 6.45) is 8.29. The van der Waals surface area contributed by atoms with E-state index in [1.165, 1.54) is 0 Å². The number of anilines is 1. The molecule has 0 aromatic carbocycles. The van der Waals surface area contributed by atoms with E-state index in [2.05, 4.69) is 15.3 Å². The summed E-state index contributed by atoms with van der Waals surface area (Å²) in [7, 11) is 1.76. The molecule has 9 heteroatoms. The zero-order valence-corrected chi connectivity index (χ0v) is 17.7. The Kier molecular flexibility index (Phi) is 6.05. The highest BCUT2D eigenvalue weighted by atomic mass is 32.2. The van der Waals surface area contributed by atoms with Gasteiger partial charge in [-0.1, -0.05) is 5.21 Å². The Morgan fingerprint density at radius 3 is 2.79 bits per heavy atom. The van der Waals surface area contributed by atoms with Crippen LogP contribution in [-0.2, 0) is 9.53 Å². The topological polar surface area (TPSA) is 99.2 Å². The van der Waals surface area contributed by atoms with Gasteiger partial charge >= 0.3 is 0 Å².